The first-order valence-corrected chi connectivity index (χ1v) is 5.84. The van der Waals surface area contributed by atoms with Gasteiger partial charge >= 0.3 is 0 Å². The third-order valence-corrected chi connectivity index (χ3v) is 2.25. The summed E-state index contributed by atoms with van der Waals surface area (Å²) in [6.07, 6.45) is 2.86. The highest BCUT2D eigenvalue weighted by atomic mass is 16.5. The first kappa shape index (κ1) is 14.6. The van der Waals surface area contributed by atoms with Crippen molar-refractivity contribution in [3.63, 3.8) is 0 Å². The first-order chi connectivity index (χ1) is 8.72. The van der Waals surface area contributed by atoms with Gasteiger partial charge < -0.3 is 20.5 Å². The molecular weight excluding hydrogens is 236 g/mol. The van der Waals surface area contributed by atoms with E-state index in [1.54, 1.807) is 30.3 Å². The van der Waals surface area contributed by atoms with E-state index in [0.29, 0.717) is 26.2 Å². The summed E-state index contributed by atoms with van der Waals surface area (Å²) < 4.78 is 6.45. The van der Waals surface area contributed by atoms with E-state index in [-0.39, 0.29) is 12.5 Å². The zero-order chi connectivity index (χ0) is 13.2. The Labute approximate surface area is 106 Å². The molecule has 0 spiro atoms. The van der Waals surface area contributed by atoms with Gasteiger partial charge in [-0.3, -0.25) is 9.48 Å². The number of rotatable bonds is 9. The smallest absolute Gasteiger partial charge is 0.234 e. The number of carbonyl (C=O) groups excluding carboxylic acids is 1. The maximum Gasteiger partial charge on any atom is 0.234 e. The number of ether oxygens (including phenoxy) is 1. The van der Waals surface area contributed by atoms with Gasteiger partial charge in [0.2, 0.25) is 5.91 Å². The van der Waals surface area contributed by atoms with Crippen LogP contribution in [0.1, 0.15) is 0 Å². The van der Waals surface area contributed by atoms with Crippen molar-refractivity contribution in [1.29, 1.82) is 0 Å². The van der Waals surface area contributed by atoms with Crippen LogP contribution in [0.25, 0.3) is 0 Å². The molecule has 1 atom stereocenters. The molecule has 1 aromatic heterocycles. The highest BCUT2D eigenvalue weighted by Crippen LogP contribution is 1.89. The van der Waals surface area contributed by atoms with Crippen LogP contribution in [0.3, 0.4) is 0 Å². The van der Waals surface area contributed by atoms with Crippen LogP contribution < -0.4 is 10.6 Å². The standard InChI is InChI=1S/C11H20N4O3/c1-18-6-4-13-11(17)8-12-7-10(16)9-15-5-2-3-14-15/h2-3,5,10,12,16H,4,6-9H2,1H3,(H,13,17). The summed E-state index contributed by atoms with van der Waals surface area (Å²) in [4.78, 5) is 11.3. The summed E-state index contributed by atoms with van der Waals surface area (Å²) in [5.74, 6) is -0.113. The summed E-state index contributed by atoms with van der Waals surface area (Å²) in [5, 5.41) is 19.2. The lowest BCUT2D eigenvalue weighted by Gasteiger charge is -2.11. The van der Waals surface area contributed by atoms with Crippen molar-refractivity contribution in [2.45, 2.75) is 12.6 Å². The summed E-state index contributed by atoms with van der Waals surface area (Å²) >= 11 is 0. The van der Waals surface area contributed by atoms with E-state index in [1.807, 2.05) is 0 Å². The molecule has 1 aromatic rings. The number of hydrogen-bond donors (Lipinski definition) is 3. The van der Waals surface area contributed by atoms with Crippen molar-refractivity contribution in [3.8, 4) is 0 Å². The van der Waals surface area contributed by atoms with E-state index < -0.39 is 6.10 Å². The summed E-state index contributed by atoms with van der Waals surface area (Å²) in [6.45, 7) is 1.92. The van der Waals surface area contributed by atoms with E-state index in [0.717, 1.165) is 0 Å². The highest BCUT2D eigenvalue weighted by molar-refractivity contribution is 5.77. The molecule has 0 saturated carbocycles. The Balaban J connectivity index is 2.04. The maximum absolute atomic E-state index is 11.3. The van der Waals surface area contributed by atoms with Gasteiger partial charge in [-0.25, -0.2) is 0 Å². The van der Waals surface area contributed by atoms with Crippen molar-refractivity contribution in [2.24, 2.45) is 0 Å². The van der Waals surface area contributed by atoms with Crippen LogP contribution in [-0.4, -0.2) is 60.2 Å². The summed E-state index contributed by atoms with van der Waals surface area (Å²) in [6, 6.07) is 1.80. The molecule has 0 radical (unpaired) electrons. The van der Waals surface area contributed by atoms with Gasteiger partial charge in [-0.2, -0.15) is 5.10 Å². The third kappa shape index (κ3) is 6.33. The molecule has 0 aliphatic rings. The van der Waals surface area contributed by atoms with Gasteiger partial charge in [-0.15, -0.1) is 0 Å². The number of aliphatic hydroxyl groups excluding tert-OH is 1. The number of amides is 1. The van der Waals surface area contributed by atoms with Crippen LogP contribution in [0.5, 0.6) is 0 Å². The van der Waals surface area contributed by atoms with Gasteiger partial charge in [0.05, 0.1) is 25.8 Å². The Hall–Kier alpha value is -1.44. The summed E-state index contributed by atoms with van der Waals surface area (Å²) in [7, 11) is 1.58. The Morgan fingerprint density at radius 3 is 3.11 bits per heavy atom. The second-order valence-corrected chi connectivity index (χ2v) is 3.86. The topological polar surface area (TPSA) is 88.4 Å². The number of aromatic nitrogens is 2. The van der Waals surface area contributed by atoms with Crippen molar-refractivity contribution >= 4 is 5.91 Å². The minimum absolute atomic E-state index is 0.113. The number of nitrogens with one attached hydrogen (secondary N) is 2. The van der Waals surface area contributed by atoms with Crippen molar-refractivity contribution in [1.82, 2.24) is 20.4 Å². The molecule has 7 heteroatoms. The number of carbonyl (C=O) groups is 1. The number of hydrogen-bond acceptors (Lipinski definition) is 5. The van der Waals surface area contributed by atoms with E-state index in [4.69, 9.17) is 4.74 Å². The van der Waals surface area contributed by atoms with Gasteiger partial charge in [0.25, 0.3) is 0 Å². The van der Waals surface area contributed by atoms with Crippen LogP contribution in [0.15, 0.2) is 18.5 Å². The fourth-order valence-corrected chi connectivity index (χ4v) is 1.40. The van der Waals surface area contributed by atoms with Gasteiger partial charge in [0.1, 0.15) is 0 Å². The zero-order valence-electron chi connectivity index (χ0n) is 10.5. The molecule has 0 saturated heterocycles. The molecule has 1 unspecified atom stereocenters. The average molecular weight is 256 g/mol. The predicted molar refractivity (Wildman–Crippen MR) is 66.0 cm³/mol. The molecule has 7 nitrogen and oxygen atoms in total. The van der Waals surface area contributed by atoms with E-state index >= 15 is 0 Å². The Morgan fingerprint density at radius 1 is 1.61 bits per heavy atom. The second-order valence-electron chi connectivity index (χ2n) is 3.86. The molecule has 1 amide bonds. The molecule has 18 heavy (non-hydrogen) atoms. The SMILES string of the molecule is COCCNC(=O)CNCC(O)Cn1cccn1. The number of aliphatic hydroxyl groups is 1. The van der Waals surface area contributed by atoms with Crippen LogP contribution >= 0.6 is 0 Å². The highest BCUT2D eigenvalue weighted by Gasteiger charge is 2.06. The molecule has 0 aliphatic heterocycles. The molecule has 0 bridgehead atoms. The van der Waals surface area contributed by atoms with Gasteiger partial charge in [-0.1, -0.05) is 0 Å². The Morgan fingerprint density at radius 2 is 2.44 bits per heavy atom. The summed E-state index contributed by atoms with van der Waals surface area (Å²) in [5.41, 5.74) is 0. The van der Waals surface area contributed by atoms with Crippen LogP contribution in [0.4, 0.5) is 0 Å². The maximum atomic E-state index is 11.3. The molecule has 0 aliphatic carbocycles. The minimum Gasteiger partial charge on any atom is -0.390 e. The number of nitrogens with zero attached hydrogens (tertiary/aromatic N) is 2. The van der Waals surface area contributed by atoms with Crippen LogP contribution in [0, 0.1) is 0 Å². The van der Waals surface area contributed by atoms with E-state index in [1.165, 1.54) is 0 Å². The van der Waals surface area contributed by atoms with Gasteiger partial charge in [0.15, 0.2) is 0 Å². The zero-order valence-corrected chi connectivity index (χ0v) is 10.5. The Kier molecular flexibility index (Phi) is 7.00. The molecule has 0 aromatic carbocycles. The van der Waals surface area contributed by atoms with Crippen LogP contribution in [0.2, 0.25) is 0 Å². The second kappa shape index (κ2) is 8.62. The monoisotopic (exact) mass is 256 g/mol. The predicted octanol–water partition coefficient (Wildman–Crippen LogP) is -1.40. The van der Waals surface area contributed by atoms with E-state index in [9.17, 15) is 9.90 Å². The fourth-order valence-electron chi connectivity index (χ4n) is 1.40. The molecule has 102 valence electrons. The van der Waals surface area contributed by atoms with Gasteiger partial charge in [-0.05, 0) is 6.07 Å². The third-order valence-electron chi connectivity index (χ3n) is 2.25. The fraction of sp³-hybridized carbons (Fsp3) is 0.636. The quantitative estimate of drug-likeness (QED) is 0.473. The Bertz CT molecular complexity index is 329. The van der Waals surface area contributed by atoms with Gasteiger partial charge in [0, 0.05) is 32.6 Å². The van der Waals surface area contributed by atoms with Crippen molar-refractivity contribution in [2.75, 3.05) is 33.4 Å². The molecular formula is C11H20N4O3. The van der Waals surface area contributed by atoms with Crippen LogP contribution in [-0.2, 0) is 16.1 Å². The number of methoxy groups -OCH3 is 1. The molecule has 3 N–H and O–H groups in total. The first-order valence-electron chi connectivity index (χ1n) is 5.84. The lowest BCUT2D eigenvalue weighted by molar-refractivity contribution is -0.120. The largest absolute Gasteiger partial charge is 0.390 e. The van der Waals surface area contributed by atoms with E-state index in [2.05, 4.69) is 15.7 Å². The van der Waals surface area contributed by atoms with Crippen molar-refractivity contribution < 1.29 is 14.6 Å². The van der Waals surface area contributed by atoms with Crippen molar-refractivity contribution in [3.05, 3.63) is 18.5 Å². The lowest BCUT2D eigenvalue weighted by Crippen LogP contribution is -2.39. The molecule has 1 heterocycles. The molecule has 0 fully saturated rings. The normalized spacial score (nSPS) is 12.3. The lowest BCUT2D eigenvalue weighted by atomic mass is 10.3. The average Bonchev–Trinajstić information content (AvgIpc) is 2.82. The minimum atomic E-state index is -0.573. The molecule has 1 rings (SSSR count).